The monoisotopic (exact) mass is 416 g/mol. The standard InChI is InChI=1S/C25H24N2O4/c1-17-5-3-6-18(2)23(17)21-8-4-7-19(15-21)13-14-30-22-11-9-20(10-12-22)16-27-24(28)26-25(29)31-27/h3-12,15H,13-14,16H2,1-2H3,(H,26,28,29). The largest absolute Gasteiger partial charge is 0.493 e. The van der Waals surface area contributed by atoms with Crippen molar-refractivity contribution in [3.05, 3.63) is 110 Å². The molecule has 0 saturated heterocycles. The van der Waals surface area contributed by atoms with Crippen molar-refractivity contribution in [1.29, 1.82) is 0 Å². The highest BCUT2D eigenvalue weighted by atomic mass is 16.5. The van der Waals surface area contributed by atoms with Crippen LogP contribution in [-0.4, -0.2) is 16.3 Å². The van der Waals surface area contributed by atoms with Gasteiger partial charge in [0.2, 0.25) is 0 Å². The number of ether oxygens (including phenoxy) is 1. The predicted molar refractivity (Wildman–Crippen MR) is 120 cm³/mol. The van der Waals surface area contributed by atoms with E-state index in [1.165, 1.54) is 27.8 Å². The van der Waals surface area contributed by atoms with Gasteiger partial charge in [-0.2, -0.15) is 0 Å². The van der Waals surface area contributed by atoms with Gasteiger partial charge < -0.3 is 9.26 Å². The number of aryl methyl sites for hydroxylation is 2. The quantitative estimate of drug-likeness (QED) is 0.492. The average molecular weight is 416 g/mol. The Morgan fingerprint density at radius 1 is 0.903 bits per heavy atom. The number of nitrogens with one attached hydrogen (secondary N) is 1. The third-order valence-corrected chi connectivity index (χ3v) is 5.23. The second kappa shape index (κ2) is 8.92. The van der Waals surface area contributed by atoms with E-state index in [0.717, 1.165) is 22.5 Å². The Hall–Kier alpha value is -3.80. The maximum atomic E-state index is 11.5. The van der Waals surface area contributed by atoms with Crippen molar-refractivity contribution >= 4 is 0 Å². The van der Waals surface area contributed by atoms with Gasteiger partial charge in [0.1, 0.15) is 5.75 Å². The van der Waals surface area contributed by atoms with Crippen molar-refractivity contribution in [2.24, 2.45) is 0 Å². The topological polar surface area (TPSA) is 77.2 Å². The van der Waals surface area contributed by atoms with Gasteiger partial charge in [-0.1, -0.05) is 54.6 Å². The molecule has 0 spiro atoms. The third-order valence-electron chi connectivity index (χ3n) is 5.23. The summed E-state index contributed by atoms with van der Waals surface area (Å²) in [5.74, 6) is -0.0101. The van der Waals surface area contributed by atoms with E-state index in [1.54, 1.807) is 0 Å². The van der Waals surface area contributed by atoms with Crippen LogP contribution < -0.4 is 16.2 Å². The molecule has 0 saturated carbocycles. The van der Waals surface area contributed by atoms with Crippen molar-refractivity contribution < 1.29 is 9.26 Å². The maximum absolute atomic E-state index is 11.5. The Morgan fingerprint density at radius 2 is 1.61 bits per heavy atom. The van der Waals surface area contributed by atoms with Gasteiger partial charge in [0.25, 0.3) is 0 Å². The number of aromatic nitrogens is 2. The van der Waals surface area contributed by atoms with Gasteiger partial charge >= 0.3 is 11.4 Å². The van der Waals surface area contributed by atoms with Gasteiger partial charge in [-0.15, -0.1) is 4.74 Å². The molecule has 1 heterocycles. The Labute approximate surface area is 179 Å². The molecule has 0 radical (unpaired) electrons. The van der Waals surface area contributed by atoms with Crippen LogP contribution in [-0.2, 0) is 13.0 Å². The van der Waals surface area contributed by atoms with Crippen molar-refractivity contribution in [3.8, 4) is 16.9 Å². The first-order valence-electron chi connectivity index (χ1n) is 10.2. The summed E-state index contributed by atoms with van der Waals surface area (Å²) in [6.45, 7) is 5.02. The number of nitrogens with zero attached hydrogens (tertiary/aromatic N) is 1. The van der Waals surface area contributed by atoms with Gasteiger partial charge in [0, 0.05) is 6.42 Å². The third kappa shape index (κ3) is 4.86. The number of benzene rings is 3. The SMILES string of the molecule is Cc1cccc(C)c1-c1cccc(CCOc2ccc(Cn3oc(=O)[nH]c3=O)cc2)c1. The van der Waals surface area contributed by atoms with E-state index < -0.39 is 11.4 Å². The number of hydrogen-bond acceptors (Lipinski definition) is 4. The molecule has 0 fully saturated rings. The number of aromatic amines is 1. The van der Waals surface area contributed by atoms with Gasteiger partial charge in [0.05, 0.1) is 13.2 Å². The van der Waals surface area contributed by atoms with Crippen LogP contribution in [0.5, 0.6) is 5.75 Å². The zero-order valence-corrected chi connectivity index (χ0v) is 17.6. The van der Waals surface area contributed by atoms with Crippen molar-refractivity contribution in [1.82, 2.24) is 9.72 Å². The normalized spacial score (nSPS) is 10.9. The second-order valence-corrected chi connectivity index (χ2v) is 7.56. The molecule has 1 aromatic heterocycles. The minimum absolute atomic E-state index is 0.183. The lowest BCUT2D eigenvalue weighted by atomic mass is 9.94. The molecule has 0 aliphatic carbocycles. The molecule has 158 valence electrons. The van der Waals surface area contributed by atoms with Crippen LogP contribution >= 0.6 is 0 Å². The van der Waals surface area contributed by atoms with Gasteiger partial charge in [-0.05, 0) is 59.4 Å². The summed E-state index contributed by atoms with van der Waals surface area (Å²) < 4.78 is 11.7. The fourth-order valence-corrected chi connectivity index (χ4v) is 3.71. The van der Waals surface area contributed by atoms with E-state index in [2.05, 4.69) is 61.3 Å². The zero-order chi connectivity index (χ0) is 21.8. The highest BCUT2D eigenvalue weighted by Crippen LogP contribution is 2.27. The molecule has 4 rings (SSSR count). The predicted octanol–water partition coefficient (Wildman–Crippen LogP) is 4.08. The highest BCUT2D eigenvalue weighted by molar-refractivity contribution is 5.71. The molecular formula is C25H24N2O4. The lowest BCUT2D eigenvalue weighted by Gasteiger charge is -2.12. The van der Waals surface area contributed by atoms with E-state index in [-0.39, 0.29) is 6.54 Å². The first-order chi connectivity index (χ1) is 15.0. The van der Waals surface area contributed by atoms with Crippen LogP contribution in [0, 0.1) is 13.8 Å². The highest BCUT2D eigenvalue weighted by Gasteiger charge is 2.07. The number of hydrogen-bond donors (Lipinski definition) is 1. The fourth-order valence-electron chi connectivity index (χ4n) is 3.71. The van der Waals surface area contributed by atoms with Crippen molar-refractivity contribution in [2.75, 3.05) is 6.61 Å². The molecule has 4 aromatic rings. The van der Waals surface area contributed by atoms with Crippen LogP contribution in [0.4, 0.5) is 0 Å². The van der Waals surface area contributed by atoms with Gasteiger partial charge in [0.15, 0.2) is 0 Å². The molecule has 6 nitrogen and oxygen atoms in total. The molecule has 0 amide bonds. The average Bonchev–Trinajstić information content (AvgIpc) is 3.06. The van der Waals surface area contributed by atoms with E-state index in [0.29, 0.717) is 6.61 Å². The molecule has 0 aliphatic heterocycles. The summed E-state index contributed by atoms with van der Waals surface area (Å²) in [6, 6.07) is 22.3. The first-order valence-corrected chi connectivity index (χ1v) is 10.2. The number of H-pyrrole nitrogens is 1. The van der Waals surface area contributed by atoms with Gasteiger partial charge in [-0.25, -0.2) is 14.6 Å². The molecule has 1 N–H and O–H groups in total. The van der Waals surface area contributed by atoms with Crippen LogP contribution in [0.2, 0.25) is 0 Å². The Morgan fingerprint density at radius 3 is 2.29 bits per heavy atom. The Balaban J connectivity index is 1.37. The van der Waals surface area contributed by atoms with Crippen molar-refractivity contribution in [2.45, 2.75) is 26.8 Å². The second-order valence-electron chi connectivity index (χ2n) is 7.56. The molecule has 0 unspecified atom stereocenters. The molecule has 0 aliphatic rings. The lowest BCUT2D eigenvalue weighted by Crippen LogP contribution is -2.17. The summed E-state index contributed by atoms with van der Waals surface area (Å²) in [5, 5.41) is 0. The first kappa shape index (κ1) is 20.5. The molecule has 0 bridgehead atoms. The smallest absolute Gasteiger partial charge is 0.440 e. The van der Waals surface area contributed by atoms with Gasteiger partial charge in [-0.3, -0.25) is 0 Å². The molecule has 3 aromatic carbocycles. The summed E-state index contributed by atoms with van der Waals surface area (Å²) in [6.07, 6.45) is 0.796. The Bertz CT molecular complexity index is 1280. The minimum Gasteiger partial charge on any atom is -0.493 e. The van der Waals surface area contributed by atoms with E-state index in [4.69, 9.17) is 9.26 Å². The van der Waals surface area contributed by atoms with Crippen LogP contribution in [0.1, 0.15) is 22.3 Å². The fraction of sp³-hybridized carbons (Fsp3) is 0.200. The maximum Gasteiger partial charge on any atom is 0.440 e. The Kier molecular flexibility index (Phi) is 5.89. The van der Waals surface area contributed by atoms with Crippen LogP contribution in [0.15, 0.2) is 80.8 Å². The van der Waals surface area contributed by atoms with E-state index in [1.807, 2.05) is 24.3 Å². The van der Waals surface area contributed by atoms with E-state index >= 15 is 0 Å². The molecule has 6 heteroatoms. The zero-order valence-electron chi connectivity index (χ0n) is 17.6. The minimum atomic E-state index is -0.758. The van der Waals surface area contributed by atoms with Crippen molar-refractivity contribution in [3.63, 3.8) is 0 Å². The summed E-state index contributed by atoms with van der Waals surface area (Å²) in [5.41, 5.74) is 6.55. The lowest BCUT2D eigenvalue weighted by molar-refractivity contribution is 0.258. The molecule has 31 heavy (non-hydrogen) atoms. The molecular weight excluding hydrogens is 392 g/mol. The summed E-state index contributed by atoms with van der Waals surface area (Å²) >= 11 is 0. The van der Waals surface area contributed by atoms with E-state index in [9.17, 15) is 9.59 Å². The van der Waals surface area contributed by atoms with Crippen LogP contribution in [0.25, 0.3) is 11.1 Å². The van der Waals surface area contributed by atoms with Crippen LogP contribution in [0.3, 0.4) is 0 Å². The summed E-state index contributed by atoms with van der Waals surface area (Å²) in [4.78, 5) is 24.7. The number of rotatable bonds is 7. The summed E-state index contributed by atoms with van der Waals surface area (Å²) in [7, 11) is 0. The molecule has 0 atom stereocenters.